The quantitative estimate of drug-likeness (QED) is 0.539. The number of hydrogen-bond donors (Lipinski definition) is 0. The van der Waals surface area contributed by atoms with Crippen LogP contribution in [0.1, 0.15) is 5.56 Å². The van der Waals surface area contributed by atoms with Gasteiger partial charge in [-0.25, -0.2) is 15.0 Å². The summed E-state index contributed by atoms with van der Waals surface area (Å²) in [4.78, 5) is 22.4. The summed E-state index contributed by atoms with van der Waals surface area (Å²) in [5.74, 6) is 1.03. The van der Waals surface area contributed by atoms with Gasteiger partial charge in [-0.1, -0.05) is 24.3 Å². The van der Waals surface area contributed by atoms with E-state index in [4.69, 9.17) is 4.98 Å². The first-order chi connectivity index (χ1) is 14.4. The number of pyridine rings is 2. The Morgan fingerprint density at radius 2 is 1.66 bits per heavy atom. The summed E-state index contributed by atoms with van der Waals surface area (Å²) in [5, 5.41) is 1.13. The lowest BCUT2D eigenvalue weighted by atomic mass is 10.0. The average Bonchev–Trinajstić information content (AvgIpc) is 2.80. The third-order valence-electron chi connectivity index (χ3n) is 5.40. The minimum Gasteiger partial charge on any atom is -0.354 e. The Kier molecular flexibility index (Phi) is 4.84. The van der Waals surface area contributed by atoms with Crippen LogP contribution in [0.4, 0.5) is 5.82 Å². The number of benzene rings is 1. The van der Waals surface area contributed by atoms with Crippen molar-refractivity contribution in [3.63, 3.8) is 0 Å². The second-order valence-corrected chi connectivity index (χ2v) is 7.30. The van der Waals surface area contributed by atoms with Crippen molar-refractivity contribution in [2.75, 3.05) is 31.1 Å². The van der Waals surface area contributed by atoms with E-state index in [1.54, 1.807) is 6.33 Å². The Balaban J connectivity index is 1.36. The molecule has 0 N–H and O–H groups in total. The van der Waals surface area contributed by atoms with E-state index in [0.717, 1.165) is 60.6 Å². The highest BCUT2D eigenvalue weighted by Crippen LogP contribution is 2.28. The Bertz CT molecular complexity index is 1090. The van der Waals surface area contributed by atoms with Crippen molar-refractivity contribution in [3.8, 4) is 11.1 Å². The summed E-state index contributed by atoms with van der Waals surface area (Å²) in [6.45, 7) is 4.92. The molecule has 5 rings (SSSR count). The van der Waals surface area contributed by atoms with Gasteiger partial charge in [0.2, 0.25) is 0 Å². The normalized spacial score (nSPS) is 15.0. The van der Waals surface area contributed by atoms with Gasteiger partial charge in [0, 0.05) is 74.0 Å². The molecule has 0 bridgehead atoms. The molecular formula is C23H22N6. The van der Waals surface area contributed by atoms with E-state index in [0.29, 0.717) is 0 Å². The van der Waals surface area contributed by atoms with Crippen molar-refractivity contribution in [2.24, 2.45) is 0 Å². The first-order valence-electron chi connectivity index (χ1n) is 9.88. The predicted molar refractivity (Wildman–Crippen MR) is 114 cm³/mol. The summed E-state index contributed by atoms with van der Waals surface area (Å²) < 4.78 is 0. The Morgan fingerprint density at radius 3 is 2.45 bits per heavy atom. The second-order valence-electron chi connectivity index (χ2n) is 7.30. The Morgan fingerprint density at radius 1 is 0.793 bits per heavy atom. The highest BCUT2D eigenvalue weighted by molar-refractivity contribution is 5.94. The fourth-order valence-electron chi connectivity index (χ4n) is 3.87. The minimum absolute atomic E-state index is 0.949. The molecule has 0 amide bonds. The molecule has 1 aromatic carbocycles. The van der Waals surface area contributed by atoms with E-state index in [1.807, 2.05) is 30.9 Å². The summed E-state index contributed by atoms with van der Waals surface area (Å²) in [7, 11) is 0. The maximum atomic E-state index is 5.03. The first-order valence-corrected chi connectivity index (χ1v) is 9.88. The molecule has 0 radical (unpaired) electrons. The van der Waals surface area contributed by atoms with E-state index in [1.165, 1.54) is 5.56 Å². The van der Waals surface area contributed by atoms with Crippen molar-refractivity contribution in [3.05, 3.63) is 79.1 Å². The van der Waals surface area contributed by atoms with Crippen molar-refractivity contribution in [1.29, 1.82) is 0 Å². The third-order valence-corrected chi connectivity index (χ3v) is 5.40. The van der Waals surface area contributed by atoms with Crippen LogP contribution in [0.5, 0.6) is 0 Å². The van der Waals surface area contributed by atoms with Gasteiger partial charge in [-0.3, -0.25) is 9.88 Å². The minimum atomic E-state index is 0.949. The van der Waals surface area contributed by atoms with E-state index in [9.17, 15) is 0 Å². The number of hydrogen-bond acceptors (Lipinski definition) is 6. The lowest BCUT2D eigenvalue weighted by molar-refractivity contribution is 0.249. The van der Waals surface area contributed by atoms with Crippen LogP contribution in [0.15, 0.2) is 73.6 Å². The summed E-state index contributed by atoms with van der Waals surface area (Å²) >= 11 is 0. The summed E-state index contributed by atoms with van der Waals surface area (Å²) in [5.41, 5.74) is 4.32. The first kappa shape index (κ1) is 17.7. The predicted octanol–water partition coefficient (Wildman–Crippen LogP) is 3.41. The van der Waals surface area contributed by atoms with Crippen molar-refractivity contribution in [1.82, 2.24) is 24.8 Å². The molecule has 4 heterocycles. The molecule has 3 aromatic heterocycles. The molecule has 1 aliphatic heterocycles. The molecule has 0 unspecified atom stereocenters. The fraction of sp³-hybridized carbons (Fsp3) is 0.217. The standard InChI is InChI=1S/C23H22N6/c1-4-19-6-7-22(27-23(19)21(5-1)20-14-25-17-26-15-20)29-11-9-28(10-12-29)16-18-3-2-8-24-13-18/h1-8,13-15,17H,9-12,16H2. The zero-order valence-corrected chi connectivity index (χ0v) is 16.1. The van der Waals surface area contributed by atoms with Gasteiger partial charge in [0.1, 0.15) is 12.1 Å². The molecule has 1 aliphatic rings. The maximum Gasteiger partial charge on any atom is 0.129 e. The number of rotatable bonds is 4. The number of nitrogens with zero attached hydrogens (tertiary/aromatic N) is 6. The maximum absolute atomic E-state index is 5.03. The van der Waals surface area contributed by atoms with E-state index >= 15 is 0 Å². The lowest BCUT2D eigenvalue weighted by Gasteiger charge is -2.35. The van der Waals surface area contributed by atoms with Crippen LogP contribution in [0.2, 0.25) is 0 Å². The zero-order chi connectivity index (χ0) is 19.5. The Labute approximate surface area is 169 Å². The second kappa shape index (κ2) is 7.93. The molecule has 4 aromatic rings. The fourth-order valence-corrected chi connectivity index (χ4v) is 3.87. The molecule has 0 aliphatic carbocycles. The molecule has 0 saturated carbocycles. The number of anilines is 1. The van der Waals surface area contributed by atoms with Crippen molar-refractivity contribution < 1.29 is 0 Å². The molecule has 1 saturated heterocycles. The van der Waals surface area contributed by atoms with Gasteiger partial charge in [0.15, 0.2) is 0 Å². The SMILES string of the molecule is c1cncc(CN2CCN(c3ccc4cccc(-c5cncnc5)c4n3)CC2)c1. The monoisotopic (exact) mass is 382 g/mol. The van der Waals surface area contributed by atoms with Crippen LogP contribution in [-0.4, -0.2) is 51.0 Å². The average molecular weight is 382 g/mol. The number of fused-ring (bicyclic) bond motifs is 1. The van der Waals surface area contributed by atoms with E-state index in [2.05, 4.69) is 61.1 Å². The van der Waals surface area contributed by atoms with Crippen LogP contribution in [0.3, 0.4) is 0 Å². The van der Waals surface area contributed by atoms with Gasteiger partial charge in [0.25, 0.3) is 0 Å². The van der Waals surface area contributed by atoms with Gasteiger partial charge < -0.3 is 4.90 Å². The van der Waals surface area contributed by atoms with E-state index in [-0.39, 0.29) is 0 Å². The smallest absolute Gasteiger partial charge is 0.129 e. The molecule has 29 heavy (non-hydrogen) atoms. The number of piperazine rings is 1. The number of aromatic nitrogens is 4. The van der Waals surface area contributed by atoms with Gasteiger partial charge in [-0.15, -0.1) is 0 Å². The van der Waals surface area contributed by atoms with Gasteiger partial charge in [-0.05, 0) is 23.8 Å². The molecule has 0 atom stereocenters. The van der Waals surface area contributed by atoms with Crippen LogP contribution in [0.25, 0.3) is 22.0 Å². The van der Waals surface area contributed by atoms with Crippen LogP contribution in [0, 0.1) is 0 Å². The lowest BCUT2D eigenvalue weighted by Crippen LogP contribution is -2.46. The molecule has 0 spiro atoms. The Hall–Kier alpha value is -3.38. The molecular weight excluding hydrogens is 360 g/mol. The summed E-state index contributed by atoms with van der Waals surface area (Å²) in [6.07, 6.45) is 9.01. The molecule has 144 valence electrons. The van der Waals surface area contributed by atoms with Crippen LogP contribution < -0.4 is 4.90 Å². The van der Waals surface area contributed by atoms with E-state index < -0.39 is 0 Å². The summed E-state index contributed by atoms with van der Waals surface area (Å²) in [6, 6.07) is 14.7. The van der Waals surface area contributed by atoms with Crippen LogP contribution >= 0.6 is 0 Å². The molecule has 1 fully saturated rings. The molecule has 6 nitrogen and oxygen atoms in total. The zero-order valence-electron chi connectivity index (χ0n) is 16.1. The van der Waals surface area contributed by atoms with Crippen LogP contribution in [-0.2, 0) is 6.54 Å². The van der Waals surface area contributed by atoms with Gasteiger partial charge in [-0.2, -0.15) is 0 Å². The van der Waals surface area contributed by atoms with Gasteiger partial charge in [0.05, 0.1) is 5.52 Å². The number of para-hydroxylation sites is 1. The topological polar surface area (TPSA) is 58.0 Å². The van der Waals surface area contributed by atoms with Crippen molar-refractivity contribution in [2.45, 2.75) is 6.54 Å². The highest BCUT2D eigenvalue weighted by Gasteiger charge is 2.19. The van der Waals surface area contributed by atoms with Crippen molar-refractivity contribution >= 4 is 16.7 Å². The third kappa shape index (κ3) is 3.79. The van der Waals surface area contributed by atoms with Gasteiger partial charge >= 0.3 is 0 Å². The highest BCUT2D eigenvalue weighted by atomic mass is 15.3. The molecule has 6 heteroatoms. The largest absolute Gasteiger partial charge is 0.354 e.